The van der Waals surface area contributed by atoms with Crippen LogP contribution in [0.1, 0.15) is 38.5 Å². The molecule has 0 amide bonds. The second kappa shape index (κ2) is 2.57. The Morgan fingerprint density at radius 1 is 1.17 bits per heavy atom. The zero-order valence-corrected chi connectivity index (χ0v) is 6.97. The van der Waals surface area contributed by atoms with Gasteiger partial charge in [0, 0.05) is 6.42 Å². The third kappa shape index (κ3) is 1.24. The SMILES string of the molecule is O=C1CC(=O)OC2(CCCC2)C1. The number of carbonyl (C=O) groups is 2. The highest BCUT2D eigenvalue weighted by atomic mass is 16.6. The molecular weight excluding hydrogens is 156 g/mol. The minimum absolute atomic E-state index is 0.0122. The van der Waals surface area contributed by atoms with Gasteiger partial charge in [-0.25, -0.2) is 0 Å². The first-order valence-corrected chi connectivity index (χ1v) is 4.44. The number of hydrogen-bond donors (Lipinski definition) is 0. The van der Waals surface area contributed by atoms with Crippen LogP contribution in [0.2, 0.25) is 0 Å². The lowest BCUT2D eigenvalue weighted by atomic mass is 9.91. The van der Waals surface area contributed by atoms with E-state index in [0.29, 0.717) is 6.42 Å². The maximum Gasteiger partial charge on any atom is 0.313 e. The molecule has 0 radical (unpaired) electrons. The molecule has 0 bridgehead atoms. The zero-order chi connectivity index (χ0) is 8.60. The van der Waals surface area contributed by atoms with Crippen molar-refractivity contribution in [2.24, 2.45) is 0 Å². The summed E-state index contributed by atoms with van der Waals surface area (Å²) in [4.78, 5) is 22.1. The van der Waals surface area contributed by atoms with Gasteiger partial charge in [-0.2, -0.15) is 0 Å². The number of carbonyl (C=O) groups excluding carboxylic acids is 2. The topological polar surface area (TPSA) is 43.4 Å². The van der Waals surface area contributed by atoms with Gasteiger partial charge >= 0.3 is 5.97 Å². The van der Waals surface area contributed by atoms with Crippen molar-refractivity contribution in [1.29, 1.82) is 0 Å². The lowest BCUT2D eigenvalue weighted by Gasteiger charge is -2.31. The molecule has 0 aromatic heterocycles. The Balaban J connectivity index is 2.14. The largest absolute Gasteiger partial charge is 0.458 e. The fourth-order valence-corrected chi connectivity index (χ4v) is 2.19. The van der Waals surface area contributed by atoms with E-state index >= 15 is 0 Å². The summed E-state index contributed by atoms with van der Waals surface area (Å²) < 4.78 is 5.25. The second-order valence-electron chi connectivity index (χ2n) is 3.76. The fraction of sp³-hybridized carbons (Fsp3) is 0.778. The molecule has 1 saturated carbocycles. The van der Waals surface area contributed by atoms with E-state index in [1.807, 2.05) is 0 Å². The van der Waals surface area contributed by atoms with Crippen LogP contribution in [0.15, 0.2) is 0 Å². The average molecular weight is 168 g/mol. The van der Waals surface area contributed by atoms with E-state index in [0.717, 1.165) is 25.7 Å². The Bertz CT molecular complexity index is 208. The van der Waals surface area contributed by atoms with E-state index in [1.54, 1.807) is 0 Å². The molecule has 2 rings (SSSR count). The molecule has 0 aromatic carbocycles. The third-order valence-corrected chi connectivity index (χ3v) is 2.71. The number of ketones is 1. The standard InChI is InChI=1S/C9H12O3/c10-7-5-8(11)12-9(6-7)3-1-2-4-9/h1-6H2. The molecule has 1 aliphatic carbocycles. The van der Waals surface area contributed by atoms with Crippen LogP contribution < -0.4 is 0 Å². The van der Waals surface area contributed by atoms with Crippen LogP contribution in [0.4, 0.5) is 0 Å². The number of esters is 1. The monoisotopic (exact) mass is 168 g/mol. The van der Waals surface area contributed by atoms with E-state index in [1.165, 1.54) is 0 Å². The summed E-state index contributed by atoms with van der Waals surface area (Å²) >= 11 is 0. The summed E-state index contributed by atoms with van der Waals surface area (Å²) in [5, 5.41) is 0. The van der Waals surface area contributed by atoms with Crippen molar-refractivity contribution in [2.75, 3.05) is 0 Å². The molecule has 0 atom stereocenters. The molecule has 0 unspecified atom stereocenters. The number of ether oxygens (including phenoxy) is 1. The molecule has 3 heteroatoms. The van der Waals surface area contributed by atoms with Crippen molar-refractivity contribution in [3.8, 4) is 0 Å². The van der Waals surface area contributed by atoms with Crippen LogP contribution in [0.3, 0.4) is 0 Å². The lowest BCUT2D eigenvalue weighted by molar-refractivity contribution is -0.169. The molecule has 2 aliphatic rings. The molecule has 2 fully saturated rings. The van der Waals surface area contributed by atoms with Gasteiger partial charge in [0.25, 0.3) is 0 Å². The van der Waals surface area contributed by atoms with Crippen LogP contribution in [0, 0.1) is 0 Å². The molecule has 0 aromatic rings. The minimum atomic E-state index is -0.383. The molecule has 1 aliphatic heterocycles. The smallest absolute Gasteiger partial charge is 0.313 e. The Kier molecular flexibility index (Phi) is 1.67. The van der Waals surface area contributed by atoms with Gasteiger partial charge in [0.05, 0.1) is 0 Å². The molecule has 12 heavy (non-hydrogen) atoms. The Morgan fingerprint density at radius 2 is 1.83 bits per heavy atom. The van der Waals surface area contributed by atoms with Gasteiger partial charge in [-0.05, 0) is 25.7 Å². The first-order valence-electron chi connectivity index (χ1n) is 4.44. The first kappa shape index (κ1) is 7.77. The number of hydrogen-bond acceptors (Lipinski definition) is 3. The van der Waals surface area contributed by atoms with Gasteiger partial charge in [-0.1, -0.05) is 0 Å². The van der Waals surface area contributed by atoms with E-state index in [2.05, 4.69) is 0 Å². The normalized spacial score (nSPS) is 27.7. The van der Waals surface area contributed by atoms with Gasteiger partial charge in [0.1, 0.15) is 17.8 Å². The van der Waals surface area contributed by atoms with Gasteiger partial charge < -0.3 is 4.74 Å². The molecule has 1 saturated heterocycles. The second-order valence-corrected chi connectivity index (χ2v) is 3.76. The summed E-state index contributed by atoms with van der Waals surface area (Å²) in [6.07, 6.45) is 4.37. The van der Waals surface area contributed by atoms with Crippen molar-refractivity contribution in [1.82, 2.24) is 0 Å². The predicted molar refractivity (Wildman–Crippen MR) is 41.5 cm³/mol. The molecular formula is C9H12O3. The molecule has 1 spiro atoms. The average Bonchev–Trinajstić information content (AvgIpc) is 2.33. The van der Waals surface area contributed by atoms with Crippen LogP contribution in [0.5, 0.6) is 0 Å². The number of Topliss-reactive ketones (excluding diaryl/α,β-unsaturated/α-hetero) is 1. The van der Waals surface area contributed by atoms with Gasteiger partial charge in [0.2, 0.25) is 0 Å². The molecule has 1 heterocycles. The Morgan fingerprint density at radius 3 is 2.42 bits per heavy atom. The van der Waals surface area contributed by atoms with Crippen LogP contribution in [-0.4, -0.2) is 17.4 Å². The van der Waals surface area contributed by atoms with E-state index < -0.39 is 0 Å². The van der Waals surface area contributed by atoms with Crippen LogP contribution in [0.25, 0.3) is 0 Å². The predicted octanol–water partition coefficient (Wildman–Crippen LogP) is 1.21. The van der Waals surface area contributed by atoms with E-state index in [4.69, 9.17) is 4.74 Å². The van der Waals surface area contributed by atoms with Crippen LogP contribution >= 0.6 is 0 Å². The molecule has 0 N–H and O–H groups in total. The fourth-order valence-electron chi connectivity index (χ4n) is 2.19. The van der Waals surface area contributed by atoms with Crippen molar-refractivity contribution in [3.05, 3.63) is 0 Å². The summed E-state index contributed by atoms with van der Waals surface area (Å²) in [6, 6.07) is 0. The van der Waals surface area contributed by atoms with Gasteiger partial charge in [-0.15, -0.1) is 0 Å². The highest BCUT2D eigenvalue weighted by Gasteiger charge is 2.43. The summed E-state index contributed by atoms with van der Waals surface area (Å²) in [6.45, 7) is 0. The summed E-state index contributed by atoms with van der Waals surface area (Å²) in [7, 11) is 0. The van der Waals surface area contributed by atoms with Gasteiger partial charge in [-0.3, -0.25) is 9.59 Å². The zero-order valence-electron chi connectivity index (χ0n) is 6.97. The molecule has 3 nitrogen and oxygen atoms in total. The minimum Gasteiger partial charge on any atom is -0.458 e. The van der Waals surface area contributed by atoms with Crippen molar-refractivity contribution in [3.63, 3.8) is 0 Å². The highest BCUT2D eigenvalue weighted by molar-refractivity contribution is 5.98. The maximum absolute atomic E-state index is 11.1. The highest BCUT2D eigenvalue weighted by Crippen LogP contribution is 2.38. The van der Waals surface area contributed by atoms with E-state index in [-0.39, 0.29) is 23.8 Å². The van der Waals surface area contributed by atoms with Crippen LogP contribution in [-0.2, 0) is 14.3 Å². The quantitative estimate of drug-likeness (QED) is 0.403. The van der Waals surface area contributed by atoms with Crippen molar-refractivity contribution >= 4 is 11.8 Å². The first-order chi connectivity index (χ1) is 5.70. The molecule has 66 valence electrons. The van der Waals surface area contributed by atoms with Crippen molar-refractivity contribution < 1.29 is 14.3 Å². The third-order valence-electron chi connectivity index (χ3n) is 2.71. The Hall–Kier alpha value is -0.860. The lowest BCUT2D eigenvalue weighted by Crippen LogP contribution is -2.40. The summed E-state index contributed by atoms with van der Waals surface area (Å²) in [5.74, 6) is -0.277. The number of rotatable bonds is 0. The van der Waals surface area contributed by atoms with Gasteiger partial charge in [0.15, 0.2) is 0 Å². The maximum atomic E-state index is 11.1. The van der Waals surface area contributed by atoms with Crippen molar-refractivity contribution in [2.45, 2.75) is 44.1 Å². The van der Waals surface area contributed by atoms with E-state index in [9.17, 15) is 9.59 Å². The summed E-state index contributed by atoms with van der Waals surface area (Å²) in [5.41, 5.74) is -0.383. The Labute approximate surface area is 71.1 Å².